The van der Waals surface area contributed by atoms with Gasteiger partial charge in [0.15, 0.2) is 0 Å². The first-order valence-electron chi connectivity index (χ1n) is 8.59. The molecule has 0 saturated carbocycles. The molecule has 0 aromatic heterocycles. The summed E-state index contributed by atoms with van der Waals surface area (Å²) in [6.45, 7) is 1.52. The van der Waals surface area contributed by atoms with E-state index < -0.39 is 6.61 Å². The summed E-state index contributed by atoms with van der Waals surface area (Å²) in [5, 5.41) is 6.46. The summed E-state index contributed by atoms with van der Waals surface area (Å²) in [5.41, 5.74) is 6.80. The Bertz CT molecular complexity index is 608. The molecule has 2 saturated heterocycles. The van der Waals surface area contributed by atoms with Crippen molar-refractivity contribution < 1.29 is 18.3 Å². The van der Waals surface area contributed by atoms with Crippen molar-refractivity contribution in [3.8, 4) is 5.75 Å². The summed E-state index contributed by atoms with van der Waals surface area (Å²) in [6, 6.07) is 6.34. The second-order valence-electron chi connectivity index (χ2n) is 6.65. The predicted octanol–water partition coefficient (Wildman–Crippen LogP) is 1.59. The number of alkyl halides is 2. The highest BCUT2D eigenvalue weighted by Crippen LogP contribution is 2.28. The fourth-order valence-electron chi connectivity index (χ4n) is 3.46. The van der Waals surface area contributed by atoms with Gasteiger partial charge < -0.3 is 15.4 Å². The number of piperidine rings is 1. The first-order chi connectivity index (χ1) is 12.0. The fourth-order valence-corrected chi connectivity index (χ4v) is 3.46. The van der Waals surface area contributed by atoms with E-state index >= 15 is 0 Å². The van der Waals surface area contributed by atoms with Crippen LogP contribution in [-0.4, -0.2) is 38.2 Å². The van der Waals surface area contributed by atoms with E-state index in [1.807, 2.05) is 0 Å². The van der Waals surface area contributed by atoms with Gasteiger partial charge in [-0.25, -0.2) is 5.43 Å². The molecule has 2 fully saturated rings. The van der Waals surface area contributed by atoms with E-state index in [1.165, 1.54) is 6.07 Å². The number of amides is 1. The highest BCUT2D eigenvalue weighted by Gasteiger charge is 2.36. The molecule has 4 N–H and O–H groups in total. The van der Waals surface area contributed by atoms with Gasteiger partial charge in [0, 0.05) is 12.6 Å². The standard InChI is InChI=1S/C17H24F2N4O2.ClH/c1-10-8-20-6-5-14(10)22-16(24)13-9-21-23-15(13)11-3-2-4-12(7-11)25-17(18)19;/h2-4,7,10,13-15,17,20-21,23H,5-6,8-9H2,1H3,(H,22,24);1H. The lowest BCUT2D eigenvalue weighted by atomic mass is 9.91. The Kier molecular flexibility index (Phi) is 7.57. The van der Waals surface area contributed by atoms with Crippen LogP contribution in [0.5, 0.6) is 5.75 Å². The predicted molar refractivity (Wildman–Crippen MR) is 96.3 cm³/mol. The molecule has 3 rings (SSSR count). The molecule has 0 aliphatic carbocycles. The monoisotopic (exact) mass is 390 g/mol. The molecule has 4 atom stereocenters. The lowest BCUT2D eigenvalue weighted by Crippen LogP contribution is -2.50. The number of hydrogen-bond acceptors (Lipinski definition) is 5. The summed E-state index contributed by atoms with van der Waals surface area (Å²) in [7, 11) is 0. The summed E-state index contributed by atoms with van der Waals surface area (Å²) in [6.07, 6.45) is 0.906. The average Bonchev–Trinajstić information content (AvgIpc) is 3.06. The van der Waals surface area contributed by atoms with Crippen molar-refractivity contribution in [3.05, 3.63) is 29.8 Å². The van der Waals surface area contributed by atoms with Crippen LogP contribution in [0.4, 0.5) is 8.78 Å². The van der Waals surface area contributed by atoms with Gasteiger partial charge in [-0.15, -0.1) is 12.4 Å². The molecule has 2 heterocycles. The van der Waals surface area contributed by atoms with Gasteiger partial charge in [-0.3, -0.25) is 10.2 Å². The SMILES string of the molecule is CC1CNCCC1NC(=O)C1CNNC1c1cccc(OC(F)F)c1.Cl. The Labute approximate surface area is 157 Å². The number of nitrogens with one attached hydrogen (secondary N) is 4. The molecule has 0 spiro atoms. The Morgan fingerprint density at radius 3 is 2.88 bits per heavy atom. The molecule has 2 aliphatic heterocycles. The molecule has 4 unspecified atom stereocenters. The Hall–Kier alpha value is -1.48. The topological polar surface area (TPSA) is 74.4 Å². The number of hydrazine groups is 1. The van der Waals surface area contributed by atoms with Gasteiger partial charge in [-0.2, -0.15) is 8.78 Å². The third kappa shape index (κ3) is 5.03. The first kappa shape index (κ1) is 20.8. The highest BCUT2D eigenvalue weighted by molar-refractivity contribution is 5.85. The second-order valence-corrected chi connectivity index (χ2v) is 6.65. The van der Waals surface area contributed by atoms with Gasteiger partial charge in [0.1, 0.15) is 5.75 Å². The molecule has 1 aromatic carbocycles. The van der Waals surface area contributed by atoms with Crippen LogP contribution in [0.2, 0.25) is 0 Å². The largest absolute Gasteiger partial charge is 0.435 e. The number of benzene rings is 1. The van der Waals surface area contributed by atoms with Crippen molar-refractivity contribution in [2.45, 2.75) is 32.0 Å². The van der Waals surface area contributed by atoms with E-state index in [0.717, 1.165) is 25.1 Å². The van der Waals surface area contributed by atoms with E-state index in [0.29, 0.717) is 12.5 Å². The quantitative estimate of drug-likeness (QED) is 0.614. The van der Waals surface area contributed by atoms with Crippen LogP contribution >= 0.6 is 12.4 Å². The normalized spacial score (nSPS) is 28.5. The van der Waals surface area contributed by atoms with Gasteiger partial charge in [-0.05, 0) is 43.1 Å². The maximum absolute atomic E-state index is 12.7. The number of rotatable bonds is 5. The van der Waals surface area contributed by atoms with E-state index in [9.17, 15) is 13.6 Å². The fraction of sp³-hybridized carbons (Fsp3) is 0.588. The van der Waals surface area contributed by atoms with Gasteiger partial charge >= 0.3 is 6.61 Å². The van der Waals surface area contributed by atoms with Crippen molar-refractivity contribution in [2.24, 2.45) is 11.8 Å². The minimum absolute atomic E-state index is 0. The lowest BCUT2D eigenvalue weighted by molar-refractivity contribution is -0.126. The Morgan fingerprint density at radius 1 is 1.35 bits per heavy atom. The third-order valence-corrected chi connectivity index (χ3v) is 4.87. The van der Waals surface area contributed by atoms with E-state index in [-0.39, 0.29) is 42.1 Å². The zero-order valence-electron chi connectivity index (χ0n) is 14.5. The number of carbonyl (C=O) groups excluding carboxylic acids is 1. The lowest BCUT2D eigenvalue weighted by Gasteiger charge is -2.31. The van der Waals surface area contributed by atoms with Gasteiger partial charge in [-0.1, -0.05) is 19.1 Å². The van der Waals surface area contributed by atoms with Crippen molar-refractivity contribution >= 4 is 18.3 Å². The maximum Gasteiger partial charge on any atom is 0.387 e. The summed E-state index contributed by atoms with van der Waals surface area (Å²) < 4.78 is 29.3. The summed E-state index contributed by atoms with van der Waals surface area (Å²) >= 11 is 0. The molecule has 0 bridgehead atoms. The second kappa shape index (κ2) is 9.45. The van der Waals surface area contributed by atoms with Gasteiger partial charge in [0.2, 0.25) is 5.91 Å². The van der Waals surface area contributed by atoms with Crippen LogP contribution < -0.4 is 26.2 Å². The maximum atomic E-state index is 12.7. The average molecular weight is 391 g/mol. The van der Waals surface area contributed by atoms with Crippen LogP contribution in [0, 0.1) is 11.8 Å². The van der Waals surface area contributed by atoms with Gasteiger partial charge in [0.25, 0.3) is 0 Å². The molecular formula is C17H25ClF2N4O2. The van der Waals surface area contributed by atoms with E-state index in [4.69, 9.17) is 0 Å². The molecule has 1 amide bonds. The zero-order chi connectivity index (χ0) is 17.8. The van der Waals surface area contributed by atoms with Crippen molar-refractivity contribution in [2.75, 3.05) is 19.6 Å². The number of halogens is 3. The molecule has 2 aliphatic rings. The van der Waals surface area contributed by atoms with E-state index in [1.54, 1.807) is 18.2 Å². The van der Waals surface area contributed by atoms with Crippen LogP contribution in [0.3, 0.4) is 0 Å². The molecular weight excluding hydrogens is 366 g/mol. The third-order valence-electron chi connectivity index (χ3n) is 4.87. The molecule has 9 heteroatoms. The zero-order valence-corrected chi connectivity index (χ0v) is 15.3. The van der Waals surface area contributed by atoms with Crippen LogP contribution in [0.1, 0.15) is 24.9 Å². The van der Waals surface area contributed by atoms with E-state index in [2.05, 4.69) is 33.1 Å². The van der Waals surface area contributed by atoms with Gasteiger partial charge in [0.05, 0.1) is 12.0 Å². The highest BCUT2D eigenvalue weighted by atomic mass is 35.5. The van der Waals surface area contributed by atoms with Crippen LogP contribution in [-0.2, 0) is 4.79 Å². The molecule has 1 aromatic rings. The van der Waals surface area contributed by atoms with Crippen LogP contribution in [0.15, 0.2) is 24.3 Å². The number of carbonyl (C=O) groups is 1. The molecule has 6 nitrogen and oxygen atoms in total. The molecule has 146 valence electrons. The number of ether oxygens (including phenoxy) is 1. The van der Waals surface area contributed by atoms with Crippen molar-refractivity contribution in [1.29, 1.82) is 0 Å². The molecule has 0 radical (unpaired) electrons. The summed E-state index contributed by atoms with van der Waals surface area (Å²) in [4.78, 5) is 12.7. The van der Waals surface area contributed by atoms with Crippen molar-refractivity contribution in [1.82, 2.24) is 21.5 Å². The van der Waals surface area contributed by atoms with Crippen molar-refractivity contribution in [3.63, 3.8) is 0 Å². The minimum atomic E-state index is -2.87. The first-order valence-corrected chi connectivity index (χ1v) is 8.59. The minimum Gasteiger partial charge on any atom is -0.435 e. The Morgan fingerprint density at radius 2 is 2.15 bits per heavy atom. The Balaban J connectivity index is 0.00000243. The number of hydrogen-bond donors (Lipinski definition) is 4. The van der Waals surface area contributed by atoms with Crippen LogP contribution in [0.25, 0.3) is 0 Å². The summed E-state index contributed by atoms with van der Waals surface area (Å²) in [5.74, 6) is 0.124. The molecule has 26 heavy (non-hydrogen) atoms. The smallest absolute Gasteiger partial charge is 0.387 e.